The summed E-state index contributed by atoms with van der Waals surface area (Å²) in [5, 5.41) is 2.85. The van der Waals surface area contributed by atoms with E-state index in [4.69, 9.17) is 16.2 Å². The number of amides is 2. The Hall–Kier alpha value is -2.08. The monoisotopic (exact) mass is 291 g/mol. The predicted molar refractivity (Wildman–Crippen MR) is 79.7 cm³/mol. The van der Waals surface area contributed by atoms with E-state index >= 15 is 0 Å². The molecule has 1 aromatic rings. The molecule has 2 amide bonds. The summed E-state index contributed by atoms with van der Waals surface area (Å²) in [5.41, 5.74) is 11.4. The number of hydrogen-bond acceptors (Lipinski definition) is 4. The fourth-order valence-corrected chi connectivity index (χ4v) is 2.46. The number of ether oxygens (including phenoxy) is 1. The van der Waals surface area contributed by atoms with Crippen LogP contribution < -0.4 is 21.5 Å². The normalized spacial score (nSPS) is 15.9. The summed E-state index contributed by atoms with van der Waals surface area (Å²) >= 11 is 0. The maximum absolute atomic E-state index is 12.0. The molecular formula is C15H21N3O3. The number of primary amides is 1. The van der Waals surface area contributed by atoms with Crippen molar-refractivity contribution in [2.24, 2.45) is 16.9 Å². The lowest BCUT2D eigenvalue weighted by Gasteiger charge is -2.40. The highest BCUT2D eigenvalue weighted by Crippen LogP contribution is 2.43. The highest BCUT2D eigenvalue weighted by atomic mass is 16.5. The Kier molecular flexibility index (Phi) is 4.80. The molecule has 1 fully saturated rings. The zero-order valence-corrected chi connectivity index (χ0v) is 11.9. The van der Waals surface area contributed by atoms with Gasteiger partial charge < -0.3 is 21.5 Å². The minimum Gasteiger partial charge on any atom is -0.484 e. The first-order valence-corrected chi connectivity index (χ1v) is 7.04. The van der Waals surface area contributed by atoms with E-state index in [1.807, 2.05) is 0 Å². The first kappa shape index (κ1) is 15.3. The maximum atomic E-state index is 12.0. The van der Waals surface area contributed by atoms with Gasteiger partial charge in [-0.05, 0) is 49.1 Å². The van der Waals surface area contributed by atoms with Crippen molar-refractivity contribution in [2.75, 3.05) is 18.5 Å². The van der Waals surface area contributed by atoms with Crippen LogP contribution in [0.15, 0.2) is 24.3 Å². The second-order valence-corrected chi connectivity index (χ2v) is 5.56. The molecule has 1 aliphatic carbocycles. The minimum atomic E-state index is -0.528. The summed E-state index contributed by atoms with van der Waals surface area (Å²) < 4.78 is 5.15. The standard InChI is InChI=1S/C15H21N3O3/c16-10-15(6-1-7-15)8-14(20)18-11-2-4-12(5-3-11)21-9-13(17)19/h2-5H,1,6-10,16H2,(H2,17,19)(H,18,20). The van der Waals surface area contributed by atoms with Crippen LogP contribution in [0.3, 0.4) is 0 Å². The van der Waals surface area contributed by atoms with Gasteiger partial charge in [-0.15, -0.1) is 0 Å². The SMILES string of the molecule is NCC1(CC(=O)Nc2ccc(OCC(N)=O)cc2)CCC1. The molecule has 0 aromatic heterocycles. The number of rotatable bonds is 7. The molecular weight excluding hydrogens is 270 g/mol. The van der Waals surface area contributed by atoms with Crippen molar-refractivity contribution < 1.29 is 14.3 Å². The third-order valence-electron chi connectivity index (χ3n) is 3.90. The predicted octanol–water partition coefficient (Wildman–Crippen LogP) is 1.01. The molecule has 6 heteroatoms. The molecule has 0 bridgehead atoms. The van der Waals surface area contributed by atoms with Crippen LogP contribution in [0.25, 0.3) is 0 Å². The molecule has 2 rings (SSSR count). The quantitative estimate of drug-likeness (QED) is 0.696. The van der Waals surface area contributed by atoms with Gasteiger partial charge in [0.2, 0.25) is 5.91 Å². The molecule has 1 saturated carbocycles. The zero-order valence-electron chi connectivity index (χ0n) is 11.9. The summed E-state index contributed by atoms with van der Waals surface area (Å²) in [5.74, 6) is -0.0184. The highest BCUT2D eigenvalue weighted by molar-refractivity contribution is 5.91. The van der Waals surface area contributed by atoms with Gasteiger partial charge in [0, 0.05) is 12.1 Å². The third kappa shape index (κ3) is 4.19. The Labute approximate surface area is 123 Å². The number of nitrogens with one attached hydrogen (secondary N) is 1. The van der Waals surface area contributed by atoms with Crippen molar-refractivity contribution in [1.82, 2.24) is 0 Å². The fraction of sp³-hybridized carbons (Fsp3) is 0.467. The van der Waals surface area contributed by atoms with Gasteiger partial charge in [-0.3, -0.25) is 9.59 Å². The second kappa shape index (κ2) is 6.58. The first-order valence-electron chi connectivity index (χ1n) is 7.04. The molecule has 6 nitrogen and oxygen atoms in total. The summed E-state index contributed by atoms with van der Waals surface area (Å²) in [4.78, 5) is 22.6. The average molecular weight is 291 g/mol. The van der Waals surface area contributed by atoms with Crippen molar-refractivity contribution in [1.29, 1.82) is 0 Å². The van der Waals surface area contributed by atoms with Crippen molar-refractivity contribution in [2.45, 2.75) is 25.7 Å². The second-order valence-electron chi connectivity index (χ2n) is 5.56. The van der Waals surface area contributed by atoms with Crippen molar-refractivity contribution in [3.8, 4) is 5.75 Å². The lowest BCUT2D eigenvalue weighted by atomic mass is 9.66. The minimum absolute atomic E-state index is 0.00533. The Morgan fingerprint density at radius 3 is 2.38 bits per heavy atom. The number of carbonyl (C=O) groups excluding carboxylic acids is 2. The van der Waals surface area contributed by atoms with Gasteiger partial charge in [0.25, 0.3) is 5.91 Å². The molecule has 1 aromatic carbocycles. The average Bonchev–Trinajstić information content (AvgIpc) is 2.42. The maximum Gasteiger partial charge on any atom is 0.255 e. The van der Waals surface area contributed by atoms with E-state index in [9.17, 15) is 9.59 Å². The van der Waals surface area contributed by atoms with Gasteiger partial charge >= 0.3 is 0 Å². The molecule has 0 unspecified atom stereocenters. The van der Waals surface area contributed by atoms with Crippen molar-refractivity contribution in [3.05, 3.63) is 24.3 Å². The van der Waals surface area contributed by atoms with Crippen molar-refractivity contribution >= 4 is 17.5 Å². The van der Waals surface area contributed by atoms with Gasteiger partial charge in [0.05, 0.1) is 0 Å². The number of hydrogen-bond donors (Lipinski definition) is 3. The van der Waals surface area contributed by atoms with E-state index in [2.05, 4.69) is 5.32 Å². The van der Waals surface area contributed by atoms with Crippen LogP contribution in [0.5, 0.6) is 5.75 Å². The van der Waals surface area contributed by atoms with E-state index in [-0.39, 0.29) is 17.9 Å². The Morgan fingerprint density at radius 2 is 1.90 bits per heavy atom. The van der Waals surface area contributed by atoms with Crippen LogP contribution in [0.2, 0.25) is 0 Å². The van der Waals surface area contributed by atoms with E-state index in [1.54, 1.807) is 24.3 Å². The van der Waals surface area contributed by atoms with Gasteiger partial charge in [-0.2, -0.15) is 0 Å². The summed E-state index contributed by atoms with van der Waals surface area (Å²) in [6.45, 7) is 0.394. The lowest BCUT2D eigenvalue weighted by Crippen LogP contribution is -2.40. The third-order valence-corrected chi connectivity index (χ3v) is 3.90. The summed E-state index contributed by atoms with van der Waals surface area (Å²) in [6.07, 6.45) is 3.66. The fourth-order valence-electron chi connectivity index (χ4n) is 2.46. The number of benzene rings is 1. The van der Waals surface area contributed by atoms with Crippen LogP contribution in [-0.4, -0.2) is 25.0 Å². The van der Waals surface area contributed by atoms with Crippen LogP contribution in [0, 0.1) is 5.41 Å². The number of carbonyl (C=O) groups is 2. The Morgan fingerprint density at radius 1 is 1.24 bits per heavy atom. The number of anilines is 1. The van der Waals surface area contributed by atoms with Gasteiger partial charge in [-0.1, -0.05) is 6.42 Å². The topological polar surface area (TPSA) is 107 Å². The van der Waals surface area contributed by atoms with Gasteiger partial charge in [0.15, 0.2) is 6.61 Å². The molecule has 0 heterocycles. The molecule has 0 radical (unpaired) electrons. The van der Waals surface area contributed by atoms with Crippen LogP contribution in [0.1, 0.15) is 25.7 Å². The van der Waals surface area contributed by atoms with E-state index in [0.717, 1.165) is 19.3 Å². The molecule has 0 atom stereocenters. The Bertz CT molecular complexity index is 504. The molecule has 0 saturated heterocycles. The van der Waals surface area contributed by atoms with Crippen LogP contribution >= 0.6 is 0 Å². The molecule has 5 N–H and O–H groups in total. The van der Waals surface area contributed by atoms with E-state index in [0.29, 0.717) is 24.4 Å². The summed E-state index contributed by atoms with van der Waals surface area (Å²) in [7, 11) is 0. The molecule has 0 aliphatic heterocycles. The van der Waals surface area contributed by atoms with Crippen LogP contribution in [-0.2, 0) is 9.59 Å². The summed E-state index contributed by atoms with van der Waals surface area (Å²) in [6, 6.07) is 6.81. The van der Waals surface area contributed by atoms with Crippen LogP contribution in [0.4, 0.5) is 5.69 Å². The molecule has 21 heavy (non-hydrogen) atoms. The first-order chi connectivity index (χ1) is 10.0. The van der Waals surface area contributed by atoms with E-state index < -0.39 is 5.91 Å². The Balaban J connectivity index is 1.85. The number of nitrogens with two attached hydrogens (primary N) is 2. The smallest absolute Gasteiger partial charge is 0.255 e. The molecule has 114 valence electrons. The van der Waals surface area contributed by atoms with Gasteiger partial charge in [0.1, 0.15) is 5.75 Å². The van der Waals surface area contributed by atoms with E-state index in [1.165, 1.54) is 0 Å². The van der Waals surface area contributed by atoms with Crippen molar-refractivity contribution in [3.63, 3.8) is 0 Å². The molecule has 1 aliphatic rings. The lowest BCUT2D eigenvalue weighted by molar-refractivity contribution is -0.120. The zero-order chi connectivity index (χ0) is 15.3. The molecule has 0 spiro atoms. The largest absolute Gasteiger partial charge is 0.484 e. The van der Waals surface area contributed by atoms with Gasteiger partial charge in [-0.25, -0.2) is 0 Å². The highest BCUT2D eigenvalue weighted by Gasteiger charge is 2.37.